The molecule has 0 fully saturated rings. The monoisotopic (exact) mass is 454 g/mol. The molecule has 8 heteroatoms. The summed E-state index contributed by atoms with van der Waals surface area (Å²) in [7, 11) is 0. The molecule has 0 aromatic heterocycles. The van der Waals surface area contributed by atoms with Gasteiger partial charge in [0.15, 0.2) is 0 Å². The number of aryl methyl sites for hydroxylation is 1. The second-order valence-electron chi connectivity index (χ2n) is 8.74. The molecule has 0 atom stereocenters. The van der Waals surface area contributed by atoms with Gasteiger partial charge in [-0.3, -0.25) is 19.6 Å². The normalized spacial score (nSPS) is 19.0. The van der Waals surface area contributed by atoms with Gasteiger partial charge in [-0.25, -0.2) is 0 Å². The highest BCUT2D eigenvalue weighted by molar-refractivity contribution is 6.09. The molecular formula is C25H25F3N4O. The lowest BCUT2D eigenvalue weighted by atomic mass is 9.99. The van der Waals surface area contributed by atoms with E-state index in [-0.39, 0.29) is 5.91 Å². The Balaban J connectivity index is 1.39. The second kappa shape index (κ2) is 8.33. The molecule has 1 amide bonds. The van der Waals surface area contributed by atoms with Crippen molar-refractivity contribution in [1.29, 1.82) is 0 Å². The van der Waals surface area contributed by atoms with E-state index < -0.39 is 11.7 Å². The van der Waals surface area contributed by atoms with Crippen LogP contribution >= 0.6 is 0 Å². The standard InChI is InChI=1S/C25H25F3N4O/c1-17-5-2-3-7-19(17)15-32-23(33)21-16-30(11-9-22(21)31-12-10-29-24(31)32)14-18-6-4-8-20(13-18)25(26,27)28/h2-8,13H,9-12,14-16H2,1H3. The van der Waals surface area contributed by atoms with Crippen LogP contribution in [-0.2, 0) is 24.1 Å². The molecule has 0 saturated carbocycles. The maximum atomic E-state index is 13.6. The number of aliphatic imine (C=N–C) groups is 1. The van der Waals surface area contributed by atoms with Crippen LogP contribution in [0.25, 0.3) is 0 Å². The number of carbonyl (C=O) groups is 1. The van der Waals surface area contributed by atoms with E-state index in [4.69, 9.17) is 0 Å². The van der Waals surface area contributed by atoms with Crippen LogP contribution in [0.15, 0.2) is 64.8 Å². The zero-order valence-corrected chi connectivity index (χ0v) is 18.4. The van der Waals surface area contributed by atoms with E-state index in [9.17, 15) is 18.0 Å². The van der Waals surface area contributed by atoms with Crippen molar-refractivity contribution < 1.29 is 18.0 Å². The Kier molecular flexibility index (Phi) is 5.48. The second-order valence-corrected chi connectivity index (χ2v) is 8.74. The number of hydrogen-bond donors (Lipinski definition) is 0. The predicted molar refractivity (Wildman–Crippen MR) is 119 cm³/mol. The quantitative estimate of drug-likeness (QED) is 0.696. The molecule has 0 bridgehead atoms. The minimum Gasteiger partial charge on any atom is -0.314 e. The molecule has 0 N–H and O–H groups in total. The lowest BCUT2D eigenvalue weighted by Gasteiger charge is -2.42. The molecule has 3 aliphatic heterocycles. The van der Waals surface area contributed by atoms with Gasteiger partial charge in [-0.1, -0.05) is 42.5 Å². The van der Waals surface area contributed by atoms with Gasteiger partial charge >= 0.3 is 6.18 Å². The van der Waals surface area contributed by atoms with Gasteiger partial charge in [0, 0.05) is 38.3 Å². The Morgan fingerprint density at radius 2 is 1.85 bits per heavy atom. The highest BCUT2D eigenvalue weighted by Gasteiger charge is 2.41. The first-order valence-electron chi connectivity index (χ1n) is 11.1. The molecule has 3 heterocycles. The largest absolute Gasteiger partial charge is 0.416 e. The maximum Gasteiger partial charge on any atom is 0.416 e. The zero-order valence-electron chi connectivity index (χ0n) is 18.4. The Labute approximate surface area is 190 Å². The first-order chi connectivity index (χ1) is 15.8. The van der Waals surface area contributed by atoms with Gasteiger partial charge in [0.05, 0.1) is 24.2 Å². The van der Waals surface area contributed by atoms with Crippen molar-refractivity contribution in [3.63, 3.8) is 0 Å². The Bertz CT molecular complexity index is 1150. The summed E-state index contributed by atoms with van der Waals surface area (Å²) >= 11 is 0. The van der Waals surface area contributed by atoms with Gasteiger partial charge in [-0.15, -0.1) is 0 Å². The molecule has 0 saturated heterocycles. The summed E-state index contributed by atoms with van der Waals surface area (Å²) in [6, 6.07) is 13.4. The van der Waals surface area contributed by atoms with Crippen molar-refractivity contribution in [3.05, 3.63) is 82.1 Å². The maximum absolute atomic E-state index is 13.6. The van der Waals surface area contributed by atoms with E-state index in [2.05, 4.69) is 14.8 Å². The third-order valence-corrected chi connectivity index (χ3v) is 6.53. The van der Waals surface area contributed by atoms with Gasteiger partial charge in [-0.2, -0.15) is 13.2 Å². The molecule has 5 nitrogen and oxygen atoms in total. The average molecular weight is 454 g/mol. The minimum absolute atomic E-state index is 0.0566. The van der Waals surface area contributed by atoms with Crippen molar-refractivity contribution in [3.8, 4) is 0 Å². The summed E-state index contributed by atoms with van der Waals surface area (Å²) in [5.41, 5.74) is 3.87. The van der Waals surface area contributed by atoms with E-state index in [0.717, 1.165) is 35.0 Å². The Morgan fingerprint density at radius 3 is 2.64 bits per heavy atom. The smallest absolute Gasteiger partial charge is 0.314 e. The average Bonchev–Trinajstić information content (AvgIpc) is 3.27. The number of rotatable bonds is 4. The summed E-state index contributed by atoms with van der Waals surface area (Å²) in [6.07, 6.45) is -3.69. The van der Waals surface area contributed by atoms with Gasteiger partial charge < -0.3 is 4.90 Å². The topological polar surface area (TPSA) is 39.2 Å². The highest BCUT2D eigenvalue weighted by atomic mass is 19.4. The van der Waals surface area contributed by atoms with Crippen molar-refractivity contribution in [2.24, 2.45) is 4.99 Å². The van der Waals surface area contributed by atoms with Gasteiger partial charge in [0.25, 0.3) is 5.91 Å². The number of halogens is 3. The summed E-state index contributed by atoms with van der Waals surface area (Å²) < 4.78 is 39.3. The summed E-state index contributed by atoms with van der Waals surface area (Å²) in [4.78, 5) is 24.2. The molecule has 172 valence electrons. The van der Waals surface area contributed by atoms with Gasteiger partial charge in [0.2, 0.25) is 5.96 Å². The molecule has 2 aromatic rings. The molecule has 3 aliphatic rings. The van der Waals surface area contributed by atoms with Crippen LogP contribution in [-0.4, -0.2) is 52.7 Å². The fourth-order valence-electron chi connectivity index (χ4n) is 4.81. The number of alkyl halides is 3. The number of amides is 1. The predicted octanol–water partition coefficient (Wildman–Crippen LogP) is 4.19. The first-order valence-corrected chi connectivity index (χ1v) is 11.1. The number of hydrogen-bond acceptors (Lipinski definition) is 4. The first kappa shape index (κ1) is 21.7. The summed E-state index contributed by atoms with van der Waals surface area (Å²) in [5.74, 6) is 0.659. The van der Waals surface area contributed by atoms with Crippen molar-refractivity contribution in [1.82, 2.24) is 14.7 Å². The summed E-state index contributed by atoms with van der Waals surface area (Å²) in [6.45, 7) is 5.34. The van der Waals surface area contributed by atoms with E-state index in [1.807, 2.05) is 31.2 Å². The number of fused-ring (bicyclic) bond motifs is 2. The molecule has 0 unspecified atom stereocenters. The fourth-order valence-corrected chi connectivity index (χ4v) is 4.81. The van der Waals surface area contributed by atoms with Crippen LogP contribution in [0.5, 0.6) is 0 Å². The molecular weight excluding hydrogens is 429 g/mol. The molecule has 0 radical (unpaired) electrons. The lowest BCUT2D eigenvalue weighted by Crippen LogP contribution is -2.53. The Hall–Kier alpha value is -3.13. The fraction of sp³-hybridized carbons (Fsp3) is 0.360. The Morgan fingerprint density at radius 1 is 1.03 bits per heavy atom. The van der Waals surface area contributed by atoms with Crippen molar-refractivity contribution in [2.45, 2.75) is 32.6 Å². The third-order valence-electron chi connectivity index (χ3n) is 6.53. The van der Waals surface area contributed by atoms with Crippen LogP contribution < -0.4 is 0 Å². The summed E-state index contributed by atoms with van der Waals surface area (Å²) in [5, 5.41) is 0. The molecule has 33 heavy (non-hydrogen) atoms. The third kappa shape index (κ3) is 4.15. The zero-order chi connectivity index (χ0) is 23.2. The van der Waals surface area contributed by atoms with Crippen LogP contribution in [0.4, 0.5) is 13.2 Å². The molecule has 5 rings (SSSR count). The van der Waals surface area contributed by atoms with Crippen molar-refractivity contribution in [2.75, 3.05) is 26.2 Å². The van der Waals surface area contributed by atoms with Crippen LogP contribution in [0, 0.1) is 6.92 Å². The van der Waals surface area contributed by atoms with Crippen LogP contribution in [0.3, 0.4) is 0 Å². The number of benzene rings is 2. The SMILES string of the molecule is Cc1ccccc1CN1C(=O)C2=C(CCN(Cc3cccc(C(F)(F)F)c3)C2)N2CCN=C12. The number of carbonyl (C=O) groups excluding carboxylic acids is 1. The van der Waals surface area contributed by atoms with Crippen molar-refractivity contribution >= 4 is 11.9 Å². The van der Waals surface area contributed by atoms with E-state index >= 15 is 0 Å². The van der Waals surface area contributed by atoms with Gasteiger partial charge in [-0.05, 0) is 29.7 Å². The molecule has 0 spiro atoms. The number of nitrogens with zero attached hydrogens (tertiary/aromatic N) is 4. The highest BCUT2D eigenvalue weighted by Crippen LogP contribution is 2.33. The number of guanidine groups is 1. The molecule has 0 aliphatic carbocycles. The van der Waals surface area contributed by atoms with E-state index in [1.165, 1.54) is 12.1 Å². The van der Waals surface area contributed by atoms with E-state index in [1.54, 1.807) is 11.0 Å². The van der Waals surface area contributed by atoms with Gasteiger partial charge in [0.1, 0.15) is 0 Å². The minimum atomic E-state index is -4.37. The molecule has 2 aromatic carbocycles. The lowest BCUT2D eigenvalue weighted by molar-refractivity contribution is -0.137. The van der Waals surface area contributed by atoms with Crippen LogP contribution in [0.1, 0.15) is 28.7 Å². The van der Waals surface area contributed by atoms with Crippen LogP contribution in [0.2, 0.25) is 0 Å². The van der Waals surface area contributed by atoms with E-state index in [0.29, 0.717) is 50.7 Å².